The summed E-state index contributed by atoms with van der Waals surface area (Å²) >= 11 is 0. The van der Waals surface area contributed by atoms with Gasteiger partial charge in [-0.1, -0.05) is 18.6 Å². The summed E-state index contributed by atoms with van der Waals surface area (Å²) in [7, 11) is -4.05. The molecule has 6 rings (SSSR count). The number of nitrogens with zero attached hydrogens (tertiary/aromatic N) is 7. The third-order valence-electron chi connectivity index (χ3n) is 9.33. The van der Waals surface area contributed by atoms with Crippen LogP contribution < -0.4 is 10.6 Å². The first-order valence-corrected chi connectivity index (χ1v) is 18.5. The van der Waals surface area contributed by atoms with Crippen molar-refractivity contribution in [3.05, 3.63) is 82.1 Å². The molecule has 0 aliphatic carbocycles. The number of amides is 1. The molecule has 3 aromatic heterocycles. The molecule has 5 heterocycles. The number of piperidine rings is 1. The normalized spacial score (nSPS) is 17.7. The smallest absolute Gasteiger partial charge is 0.350 e. The zero-order valence-corrected chi connectivity index (χ0v) is 29.4. The van der Waals surface area contributed by atoms with Crippen molar-refractivity contribution in [2.45, 2.75) is 50.2 Å². The maximum atomic E-state index is 16.1. The van der Waals surface area contributed by atoms with Gasteiger partial charge in [-0.3, -0.25) is 14.7 Å². The molecule has 0 N–H and O–H groups in total. The highest BCUT2D eigenvalue weighted by Gasteiger charge is 2.37. The Morgan fingerprint density at radius 1 is 1.02 bits per heavy atom. The highest BCUT2D eigenvalue weighted by atomic mass is 32.2. The standard InChI is InChI=1S/C35H36F5N7O4S/c1-21-20-45(28(48)11-8-16-44-14-5-4-6-15-44)17-18-46(21)32-23-19-26(37)30(29-24(35(38,39)40)9-7-10-25(29)36)42-33(23)47(34(49)43-32)31-22(2)41-13-12-27(31)52(3,50)51/h7-13,19,21H,4-6,14-18,20H2,1-3H3/b11-8+/t21-/m0/s1. The minimum atomic E-state index is -5.11. The van der Waals surface area contributed by atoms with Crippen LogP contribution in [0, 0.1) is 18.6 Å². The second kappa shape index (κ2) is 14.3. The number of fused-ring (bicyclic) bond motifs is 1. The Hall–Kier alpha value is -4.77. The lowest BCUT2D eigenvalue weighted by Crippen LogP contribution is -2.54. The van der Waals surface area contributed by atoms with Gasteiger partial charge in [0, 0.05) is 50.7 Å². The molecule has 276 valence electrons. The predicted octanol–water partition coefficient (Wildman–Crippen LogP) is 4.93. The summed E-state index contributed by atoms with van der Waals surface area (Å²) < 4.78 is 100. The largest absolute Gasteiger partial charge is 0.417 e. The Bertz CT molecular complexity index is 2240. The highest BCUT2D eigenvalue weighted by molar-refractivity contribution is 7.90. The first-order valence-electron chi connectivity index (χ1n) is 16.7. The molecule has 4 aromatic rings. The molecule has 0 spiro atoms. The fourth-order valence-electron chi connectivity index (χ4n) is 6.83. The fourth-order valence-corrected chi connectivity index (χ4v) is 7.73. The quantitative estimate of drug-likeness (QED) is 0.192. The third-order valence-corrected chi connectivity index (χ3v) is 10.5. The first-order chi connectivity index (χ1) is 24.6. The van der Waals surface area contributed by atoms with Crippen LogP contribution in [0.5, 0.6) is 0 Å². The molecule has 2 aliphatic heterocycles. The van der Waals surface area contributed by atoms with Crippen molar-refractivity contribution in [2.75, 3.05) is 50.4 Å². The van der Waals surface area contributed by atoms with Crippen molar-refractivity contribution >= 4 is 32.6 Å². The van der Waals surface area contributed by atoms with E-state index in [4.69, 9.17) is 0 Å². The van der Waals surface area contributed by atoms with E-state index < -0.39 is 61.8 Å². The number of anilines is 1. The van der Waals surface area contributed by atoms with Gasteiger partial charge in [-0.15, -0.1) is 0 Å². The van der Waals surface area contributed by atoms with E-state index in [9.17, 15) is 31.2 Å². The molecule has 2 fully saturated rings. The molecule has 0 bridgehead atoms. The molecule has 2 saturated heterocycles. The number of halogens is 5. The summed E-state index contributed by atoms with van der Waals surface area (Å²) in [6.45, 7) is 6.29. The van der Waals surface area contributed by atoms with Gasteiger partial charge in [0.25, 0.3) is 0 Å². The summed E-state index contributed by atoms with van der Waals surface area (Å²) in [6.07, 6.45) is 3.77. The van der Waals surface area contributed by atoms with Crippen LogP contribution in [0.15, 0.2) is 58.4 Å². The van der Waals surface area contributed by atoms with E-state index in [-0.39, 0.29) is 53.0 Å². The Balaban J connectivity index is 1.48. The number of piperazine rings is 1. The van der Waals surface area contributed by atoms with Crippen LogP contribution in [-0.2, 0) is 20.8 Å². The Labute approximate surface area is 296 Å². The number of aromatic nitrogens is 4. The van der Waals surface area contributed by atoms with Gasteiger partial charge in [-0.05, 0) is 64.0 Å². The summed E-state index contributed by atoms with van der Waals surface area (Å²) in [5.41, 5.74) is -5.59. The maximum Gasteiger partial charge on any atom is 0.417 e. The second-order valence-corrected chi connectivity index (χ2v) is 15.0. The summed E-state index contributed by atoms with van der Waals surface area (Å²) in [4.78, 5) is 44.8. The number of likely N-dealkylation sites (tertiary alicyclic amines) is 1. The maximum absolute atomic E-state index is 16.1. The second-order valence-electron chi connectivity index (χ2n) is 13.0. The lowest BCUT2D eigenvalue weighted by atomic mass is 10.0. The predicted molar refractivity (Wildman–Crippen MR) is 184 cm³/mol. The average molecular weight is 746 g/mol. The van der Waals surface area contributed by atoms with E-state index in [1.807, 2.05) is 6.08 Å². The first kappa shape index (κ1) is 37.0. The molecule has 0 radical (unpaired) electrons. The molecule has 1 amide bonds. The molecular formula is C35H36F5N7O4S. The van der Waals surface area contributed by atoms with E-state index in [0.29, 0.717) is 12.6 Å². The lowest BCUT2D eigenvalue weighted by molar-refractivity contribution is -0.137. The van der Waals surface area contributed by atoms with Gasteiger partial charge in [-0.25, -0.2) is 31.5 Å². The number of aryl methyl sites for hydroxylation is 1. The molecule has 52 heavy (non-hydrogen) atoms. The number of sulfone groups is 1. The van der Waals surface area contributed by atoms with Gasteiger partial charge in [0.15, 0.2) is 21.3 Å². The van der Waals surface area contributed by atoms with Crippen molar-refractivity contribution in [2.24, 2.45) is 0 Å². The van der Waals surface area contributed by atoms with Crippen molar-refractivity contribution < 1.29 is 35.2 Å². The SMILES string of the molecule is Cc1nccc(S(C)(=O)=O)c1-n1c(=O)nc(N2CCN(C(=O)/C=C/CN3CCCCC3)C[C@@H]2C)c2cc(F)c(-c3c(F)cccc3C(F)(F)F)nc21. The minimum absolute atomic E-state index is 0.0178. The van der Waals surface area contributed by atoms with E-state index in [2.05, 4.69) is 19.9 Å². The molecular weight excluding hydrogens is 709 g/mol. The number of pyridine rings is 2. The summed E-state index contributed by atoms with van der Waals surface area (Å²) in [6, 6.07) is 3.57. The van der Waals surface area contributed by atoms with E-state index in [1.165, 1.54) is 25.6 Å². The molecule has 1 atom stereocenters. The van der Waals surface area contributed by atoms with Gasteiger partial charge in [0.05, 0.1) is 32.8 Å². The summed E-state index contributed by atoms with van der Waals surface area (Å²) in [5, 5.41) is -0.165. The molecule has 11 nitrogen and oxygen atoms in total. The number of hydrogen-bond acceptors (Lipinski definition) is 9. The van der Waals surface area contributed by atoms with Crippen LogP contribution in [-0.4, -0.2) is 95.2 Å². The van der Waals surface area contributed by atoms with Crippen LogP contribution in [0.3, 0.4) is 0 Å². The van der Waals surface area contributed by atoms with Gasteiger partial charge in [0.2, 0.25) is 5.91 Å². The molecule has 1 aromatic carbocycles. The number of benzene rings is 1. The van der Waals surface area contributed by atoms with Crippen LogP contribution in [0.2, 0.25) is 0 Å². The van der Waals surface area contributed by atoms with Gasteiger partial charge in [-0.2, -0.15) is 18.2 Å². The molecule has 2 aliphatic rings. The molecule has 0 unspecified atom stereocenters. The van der Waals surface area contributed by atoms with Crippen molar-refractivity contribution in [1.82, 2.24) is 29.3 Å². The van der Waals surface area contributed by atoms with Crippen molar-refractivity contribution in [3.8, 4) is 16.9 Å². The topological polar surface area (TPSA) is 122 Å². The van der Waals surface area contributed by atoms with Gasteiger partial charge in [0.1, 0.15) is 17.3 Å². The Morgan fingerprint density at radius 3 is 2.42 bits per heavy atom. The highest BCUT2D eigenvalue weighted by Crippen LogP contribution is 2.40. The lowest BCUT2D eigenvalue weighted by Gasteiger charge is -2.40. The van der Waals surface area contributed by atoms with Gasteiger partial charge >= 0.3 is 11.9 Å². The van der Waals surface area contributed by atoms with Crippen LogP contribution in [0.4, 0.5) is 27.8 Å². The number of rotatable bonds is 7. The van der Waals surface area contributed by atoms with Gasteiger partial charge < -0.3 is 9.80 Å². The van der Waals surface area contributed by atoms with Crippen LogP contribution in [0.25, 0.3) is 28.0 Å². The van der Waals surface area contributed by atoms with Crippen molar-refractivity contribution in [3.63, 3.8) is 0 Å². The van der Waals surface area contributed by atoms with Crippen molar-refractivity contribution in [1.29, 1.82) is 0 Å². The fraction of sp³-hybridized carbons (Fsp3) is 0.400. The zero-order valence-electron chi connectivity index (χ0n) is 28.6. The average Bonchev–Trinajstić information content (AvgIpc) is 3.08. The number of alkyl halides is 3. The monoisotopic (exact) mass is 745 g/mol. The third kappa shape index (κ3) is 7.28. The van der Waals surface area contributed by atoms with E-state index >= 15 is 8.78 Å². The summed E-state index contributed by atoms with van der Waals surface area (Å²) in [5.74, 6) is -3.07. The van der Waals surface area contributed by atoms with E-state index in [0.717, 1.165) is 61.0 Å². The minimum Gasteiger partial charge on any atom is -0.350 e. The Kier molecular flexibility index (Phi) is 10.2. The Morgan fingerprint density at radius 2 is 1.75 bits per heavy atom. The van der Waals surface area contributed by atoms with E-state index in [1.54, 1.807) is 16.7 Å². The van der Waals surface area contributed by atoms with Crippen LogP contribution in [0.1, 0.15) is 37.4 Å². The number of carbonyl (C=O) groups excluding carboxylic acids is 1. The van der Waals surface area contributed by atoms with Crippen LogP contribution >= 0.6 is 0 Å². The molecule has 17 heteroatoms. The zero-order chi connectivity index (χ0) is 37.5. The number of hydrogen-bond donors (Lipinski definition) is 0. The molecule has 0 saturated carbocycles. The number of carbonyl (C=O) groups is 1.